The lowest BCUT2D eigenvalue weighted by atomic mass is 10.2. The first-order chi connectivity index (χ1) is 17.3. The summed E-state index contributed by atoms with van der Waals surface area (Å²) in [6.45, 7) is 0. The highest BCUT2D eigenvalue weighted by atomic mass is 33.1. The third-order valence-electron chi connectivity index (χ3n) is 5.60. The first-order valence-electron chi connectivity index (χ1n) is 11.4. The number of rotatable bonds is 11. The molecule has 0 saturated heterocycles. The third kappa shape index (κ3) is 7.49. The molecule has 0 atom stereocenters. The molecule has 0 unspecified atom stereocenters. The van der Waals surface area contributed by atoms with Crippen LogP contribution in [0.1, 0.15) is 11.1 Å². The summed E-state index contributed by atoms with van der Waals surface area (Å²) in [7, 11) is -3.32. The van der Waals surface area contributed by atoms with Crippen molar-refractivity contribution >= 4 is 41.3 Å². The molecule has 4 aromatic carbocycles. The SMILES string of the molecule is O=S(=O)(CCc1ccc(SSc2ccc(CCS(=O)(=O)c3ccccc3)cc2)cc1)c1ccccc1. The van der Waals surface area contributed by atoms with Crippen molar-refractivity contribution in [1.29, 1.82) is 0 Å². The normalized spacial score (nSPS) is 11.9. The summed E-state index contributed by atoms with van der Waals surface area (Å²) in [4.78, 5) is 2.87. The zero-order chi connectivity index (χ0) is 25.4. The van der Waals surface area contributed by atoms with Crippen LogP contribution in [0, 0.1) is 0 Å². The molecule has 0 N–H and O–H groups in total. The molecule has 186 valence electrons. The Morgan fingerprint density at radius 1 is 0.444 bits per heavy atom. The Kier molecular flexibility index (Phi) is 8.95. The van der Waals surface area contributed by atoms with Crippen molar-refractivity contribution in [2.24, 2.45) is 0 Å². The highest BCUT2D eigenvalue weighted by Crippen LogP contribution is 2.37. The maximum absolute atomic E-state index is 12.5. The van der Waals surface area contributed by atoms with Crippen LogP contribution in [-0.4, -0.2) is 28.3 Å². The van der Waals surface area contributed by atoms with Crippen LogP contribution >= 0.6 is 21.6 Å². The maximum Gasteiger partial charge on any atom is 0.178 e. The quantitative estimate of drug-likeness (QED) is 0.197. The summed E-state index contributed by atoms with van der Waals surface area (Å²) in [5, 5.41) is 0. The predicted octanol–water partition coefficient (Wildman–Crippen LogP) is 6.52. The minimum atomic E-state index is -3.29. The molecule has 4 aromatic rings. The van der Waals surface area contributed by atoms with Gasteiger partial charge < -0.3 is 0 Å². The van der Waals surface area contributed by atoms with Crippen LogP contribution in [0.2, 0.25) is 0 Å². The molecule has 0 aliphatic rings. The van der Waals surface area contributed by atoms with E-state index >= 15 is 0 Å². The molecule has 0 heterocycles. The van der Waals surface area contributed by atoms with Gasteiger partial charge in [0.2, 0.25) is 0 Å². The number of hydrogen-bond acceptors (Lipinski definition) is 6. The van der Waals surface area contributed by atoms with Crippen molar-refractivity contribution in [1.82, 2.24) is 0 Å². The van der Waals surface area contributed by atoms with Gasteiger partial charge in [0.1, 0.15) is 0 Å². The zero-order valence-corrected chi connectivity index (χ0v) is 22.8. The van der Waals surface area contributed by atoms with Crippen molar-refractivity contribution < 1.29 is 16.8 Å². The Hall–Kier alpha value is -2.52. The Bertz CT molecular complexity index is 1350. The zero-order valence-electron chi connectivity index (χ0n) is 19.5. The van der Waals surface area contributed by atoms with Gasteiger partial charge in [-0.1, -0.05) is 82.3 Å². The third-order valence-corrected chi connectivity index (χ3v) is 11.5. The first kappa shape index (κ1) is 26.5. The second kappa shape index (κ2) is 12.1. The molecule has 0 saturated carbocycles. The molecule has 8 heteroatoms. The standard InChI is InChI=1S/C28H26O4S4/c29-35(30,27-7-3-1-4-8-27)21-19-23-11-15-25(16-12-23)33-34-26-17-13-24(14-18-26)20-22-36(31,32)28-9-5-2-6-10-28/h1-18H,19-22H2. The number of hydrogen-bond donors (Lipinski definition) is 0. The van der Waals surface area contributed by atoms with Crippen LogP contribution in [0.5, 0.6) is 0 Å². The van der Waals surface area contributed by atoms with Crippen molar-refractivity contribution in [3.05, 3.63) is 120 Å². The molecule has 4 nitrogen and oxygen atoms in total. The number of benzene rings is 4. The van der Waals surface area contributed by atoms with Crippen LogP contribution in [-0.2, 0) is 32.5 Å². The summed E-state index contributed by atoms with van der Waals surface area (Å²) in [6, 6.07) is 33.0. The summed E-state index contributed by atoms with van der Waals surface area (Å²) >= 11 is 0. The summed E-state index contributed by atoms with van der Waals surface area (Å²) < 4.78 is 49.9. The van der Waals surface area contributed by atoms with Gasteiger partial charge in [-0.3, -0.25) is 0 Å². The largest absolute Gasteiger partial charge is 0.224 e. The molecule has 0 amide bonds. The van der Waals surface area contributed by atoms with E-state index in [1.807, 2.05) is 60.7 Å². The van der Waals surface area contributed by atoms with E-state index in [4.69, 9.17) is 0 Å². The van der Waals surface area contributed by atoms with Crippen molar-refractivity contribution in [2.45, 2.75) is 32.4 Å². The molecule has 0 aliphatic heterocycles. The van der Waals surface area contributed by atoms with Gasteiger partial charge in [-0.25, -0.2) is 16.8 Å². The molecule has 0 spiro atoms. The lowest BCUT2D eigenvalue weighted by molar-refractivity contribution is 0.593. The Labute approximate surface area is 221 Å². The number of aryl methyl sites for hydroxylation is 2. The lowest BCUT2D eigenvalue weighted by Crippen LogP contribution is -2.09. The number of sulfone groups is 2. The van der Waals surface area contributed by atoms with E-state index in [2.05, 4.69) is 0 Å². The van der Waals surface area contributed by atoms with Gasteiger partial charge in [0.25, 0.3) is 0 Å². The minimum absolute atomic E-state index is 0.0806. The van der Waals surface area contributed by atoms with E-state index in [1.165, 1.54) is 0 Å². The molecular formula is C28H26O4S4. The Balaban J connectivity index is 1.25. The van der Waals surface area contributed by atoms with Gasteiger partial charge in [-0.2, -0.15) is 0 Å². The monoisotopic (exact) mass is 554 g/mol. The molecule has 0 radical (unpaired) electrons. The Morgan fingerprint density at radius 2 is 0.778 bits per heavy atom. The minimum Gasteiger partial charge on any atom is -0.224 e. The maximum atomic E-state index is 12.5. The van der Waals surface area contributed by atoms with E-state index in [0.717, 1.165) is 20.9 Å². The highest BCUT2D eigenvalue weighted by Gasteiger charge is 2.15. The average molecular weight is 555 g/mol. The molecule has 0 bridgehead atoms. The van der Waals surface area contributed by atoms with Gasteiger partial charge >= 0.3 is 0 Å². The van der Waals surface area contributed by atoms with Crippen molar-refractivity contribution in [2.75, 3.05) is 11.5 Å². The fourth-order valence-corrected chi connectivity index (χ4v) is 8.07. The second-order valence-corrected chi connectivity index (χ2v) is 14.7. The van der Waals surface area contributed by atoms with Crippen molar-refractivity contribution in [3.63, 3.8) is 0 Å². The van der Waals surface area contributed by atoms with Crippen LogP contribution in [0.15, 0.2) is 129 Å². The van der Waals surface area contributed by atoms with E-state index < -0.39 is 19.7 Å². The highest BCUT2D eigenvalue weighted by molar-refractivity contribution is 8.76. The molecule has 0 fully saturated rings. The van der Waals surface area contributed by atoms with Crippen LogP contribution in [0.3, 0.4) is 0 Å². The molecule has 4 rings (SSSR count). The van der Waals surface area contributed by atoms with Crippen LogP contribution in [0.25, 0.3) is 0 Å². The smallest absolute Gasteiger partial charge is 0.178 e. The average Bonchev–Trinajstić information content (AvgIpc) is 2.92. The van der Waals surface area contributed by atoms with E-state index in [9.17, 15) is 16.8 Å². The molecule has 36 heavy (non-hydrogen) atoms. The molecular weight excluding hydrogens is 529 g/mol. The van der Waals surface area contributed by atoms with Gasteiger partial charge in [-0.05, 0) is 72.5 Å². The Morgan fingerprint density at radius 3 is 1.11 bits per heavy atom. The summed E-state index contributed by atoms with van der Waals surface area (Å²) in [5.41, 5.74) is 1.97. The van der Waals surface area contributed by atoms with Gasteiger partial charge in [0.05, 0.1) is 21.3 Å². The first-order valence-corrected chi connectivity index (χ1v) is 16.9. The summed E-state index contributed by atoms with van der Waals surface area (Å²) in [5.74, 6) is 0.161. The summed E-state index contributed by atoms with van der Waals surface area (Å²) in [6.07, 6.45) is 0.938. The van der Waals surface area contributed by atoms with Gasteiger partial charge in [0, 0.05) is 9.79 Å². The topological polar surface area (TPSA) is 68.3 Å². The van der Waals surface area contributed by atoms with Gasteiger partial charge in [-0.15, -0.1) is 0 Å². The predicted molar refractivity (Wildman–Crippen MR) is 149 cm³/mol. The molecule has 0 aliphatic carbocycles. The van der Waals surface area contributed by atoms with Crippen molar-refractivity contribution in [3.8, 4) is 0 Å². The van der Waals surface area contributed by atoms with E-state index in [-0.39, 0.29) is 11.5 Å². The fraction of sp³-hybridized carbons (Fsp3) is 0.143. The molecule has 0 aromatic heterocycles. The second-order valence-electron chi connectivity index (χ2n) is 8.22. The van der Waals surface area contributed by atoms with Crippen LogP contribution in [0.4, 0.5) is 0 Å². The van der Waals surface area contributed by atoms with Crippen LogP contribution < -0.4 is 0 Å². The lowest BCUT2D eigenvalue weighted by Gasteiger charge is -2.07. The van der Waals surface area contributed by atoms with E-state index in [1.54, 1.807) is 70.1 Å². The fourth-order valence-electron chi connectivity index (χ4n) is 3.52. The van der Waals surface area contributed by atoms with E-state index in [0.29, 0.717) is 22.6 Å². The van der Waals surface area contributed by atoms with Gasteiger partial charge in [0.15, 0.2) is 19.7 Å².